The van der Waals surface area contributed by atoms with Crippen LogP contribution in [-0.2, 0) is 21.2 Å². The van der Waals surface area contributed by atoms with Crippen molar-refractivity contribution >= 4 is 21.6 Å². The molecule has 1 aliphatic heterocycles. The first-order valence-corrected chi connectivity index (χ1v) is 10.5. The number of hydrogen-bond donors (Lipinski definition) is 2. The van der Waals surface area contributed by atoms with Gasteiger partial charge in [0.25, 0.3) is 10.0 Å². The molecule has 0 aromatic heterocycles. The molecule has 1 amide bonds. The van der Waals surface area contributed by atoms with Gasteiger partial charge < -0.3 is 10.0 Å². The lowest BCUT2D eigenvalue weighted by molar-refractivity contribution is -0.132. The molecule has 6 nitrogen and oxygen atoms in total. The lowest BCUT2D eigenvalue weighted by Crippen LogP contribution is -2.40. The Hall–Kier alpha value is -2.38. The van der Waals surface area contributed by atoms with Gasteiger partial charge in [0, 0.05) is 18.8 Å². The minimum atomic E-state index is -3.64. The average molecular weight is 388 g/mol. The Morgan fingerprint density at radius 2 is 1.67 bits per heavy atom. The number of carbonyl (C=O) groups excluding carboxylic acids is 1. The largest absolute Gasteiger partial charge is 0.393 e. The molecule has 7 heteroatoms. The van der Waals surface area contributed by atoms with Crippen molar-refractivity contribution in [1.29, 1.82) is 0 Å². The molecule has 3 rings (SSSR count). The van der Waals surface area contributed by atoms with Crippen LogP contribution < -0.4 is 4.72 Å². The van der Waals surface area contributed by atoms with Crippen molar-refractivity contribution in [2.45, 2.75) is 37.2 Å². The number of likely N-dealkylation sites (tertiary alicyclic amines) is 1. The highest BCUT2D eigenvalue weighted by Crippen LogP contribution is 2.18. The molecule has 0 unspecified atom stereocenters. The molecule has 27 heavy (non-hydrogen) atoms. The Balaban J connectivity index is 1.61. The van der Waals surface area contributed by atoms with E-state index in [1.165, 1.54) is 0 Å². The summed E-state index contributed by atoms with van der Waals surface area (Å²) in [6.45, 7) is 3.05. The van der Waals surface area contributed by atoms with Crippen molar-refractivity contribution in [3.8, 4) is 0 Å². The molecular weight excluding hydrogens is 364 g/mol. The first-order chi connectivity index (χ1) is 12.8. The number of aliphatic hydroxyl groups is 1. The van der Waals surface area contributed by atoms with Gasteiger partial charge in [0.2, 0.25) is 5.91 Å². The van der Waals surface area contributed by atoms with Gasteiger partial charge in [-0.2, -0.15) is 0 Å². The summed E-state index contributed by atoms with van der Waals surface area (Å²) in [4.78, 5) is 14.3. The fraction of sp³-hybridized carbons (Fsp3) is 0.350. The topological polar surface area (TPSA) is 86.7 Å². The van der Waals surface area contributed by atoms with E-state index in [-0.39, 0.29) is 23.3 Å². The van der Waals surface area contributed by atoms with Crippen LogP contribution in [0.2, 0.25) is 0 Å². The number of nitrogens with one attached hydrogen (secondary N) is 1. The highest BCUT2D eigenvalue weighted by molar-refractivity contribution is 7.92. The molecule has 0 spiro atoms. The van der Waals surface area contributed by atoms with E-state index in [2.05, 4.69) is 4.72 Å². The van der Waals surface area contributed by atoms with E-state index in [0.717, 1.165) is 11.1 Å². The SMILES string of the molecule is Cc1ccc(S(=O)(=O)Nc2ccc(CC(=O)N3CCC(O)CC3)cc2)cc1. The summed E-state index contributed by atoms with van der Waals surface area (Å²) in [6, 6.07) is 13.5. The van der Waals surface area contributed by atoms with Crippen molar-refractivity contribution in [3.05, 3.63) is 59.7 Å². The maximum absolute atomic E-state index is 12.4. The maximum Gasteiger partial charge on any atom is 0.261 e. The first-order valence-electron chi connectivity index (χ1n) is 8.98. The van der Waals surface area contributed by atoms with Crippen LogP contribution >= 0.6 is 0 Å². The third-order valence-corrected chi connectivity index (χ3v) is 6.11. The van der Waals surface area contributed by atoms with Gasteiger partial charge in [-0.05, 0) is 49.6 Å². The number of hydrogen-bond acceptors (Lipinski definition) is 4. The predicted octanol–water partition coefficient (Wildman–Crippen LogP) is 2.32. The van der Waals surface area contributed by atoms with E-state index in [1.807, 2.05) is 6.92 Å². The van der Waals surface area contributed by atoms with Gasteiger partial charge in [-0.15, -0.1) is 0 Å². The van der Waals surface area contributed by atoms with Crippen LogP contribution in [0.3, 0.4) is 0 Å². The van der Waals surface area contributed by atoms with Crippen molar-refractivity contribution in [1.82, 2.24) is 4.90 Å². The van der Waals surface area contributed by atoms with Crippen molar-refractivity contribution in [3.63, 3.8) is 0 Å². The standard InChI is InChI=1S/C20H24N2O4S/c1-15-2-8-19(9-3-15)27(25,26)21-17-6-4-16(5-7-17)14-20(24)22-12-10-18(23)11-13-22/h2-9,18,21,23H,10-14H2,1H3. The molecule has 1 heterocycles. The number of benzene rings is 2. The van der Waals surface area contributed by atoms with Crippen LogP contribution in [0.5, 0.6) is 0 Å². The third-order valence-electron chi connectivity index (χ3n) is 4.71. The Labute approximate surface area is 159 Å². The van der Waals surface area contributed by atoms with Gasteiger partial charge in [-0.25, -0.2) is 8.42 Å². The third kappa shape index (κ3) is 5.08. The summed E-state index contributed by atoms with van der Waals surface area (Å²) in [5, 5.41) is 9.52. The second kappa shape index (κ2) is 8.10. The van der Waals surface area contributed by atoms with Gasteiger partial charge in [0.1, 0.15) is 0 Å². The molecular formula is C20H24N2O4S. The minimum Gasteiger partial charge on any atom is -0.393 e. The predicted molar refractivity (Wildman–Crippen MR) is 104 cm³/mol. The van der Waals surface area contributed by atoms with E-state index in [9.17, 15) is 18.3 Å². The van der Waals surface area contributed by atoms with Crippen molar-refractivity contribution in [2.24, 2.45) is 0 Å². The van der Waals surface area contributed by atoms with Crippen LogP contribution in [0.1, 0.15) is 24.0 Å². The van der Waals surface area contributed by atoms with Gasteiger partial charge in [-0.3, -0.25) is 9.52 Å². The zero-order chi connectivity index (χ0) is 19.4. The summed E-state index contributed by atoms with van der Waals surface area (Å²) in [5.74, 6) is 0.0230. The number of piperidine rings is 1. The van der Waals surface area contributed by atoms with Crippen molar-refractivity contribution in [2.75, 3.05) is 17.8 Å². The van der Waals surface area contributed by atoms with E-state index in [4.69, 9.17) is 0 Å². The van der Waals surface area contributed by atoms with Crippen LogP contribution in [-0.4, -0.2) is 43.5 Å². The Kier molecular flexibility index (Phi) is 5.82. The molecule has 1 fully saturated rings. The zero-order valence-electron chi connectivity index (χ0n) is 15.3. The van der Waals surface area contributed by atoms with Crippen molar-refractivity contribution < 1.29 is 18.3 Å². The fourth-order valence-electron chi connectivity index (χ4n) is 3.02. The molecule has 0 aliphatic carbocycles. The summed E-state index contributed by atoms with van der Waals surface area (Å²) in [7, 11) is -3.64. The second-order valence-electron chi connectivity index (χ2n) is 6.90. The molecule has 0 saturated carbocycles. The van der Waals surface area contributed by atoms with Crippen LogP contribution in [0, 0.1) is 6.92 Å². The monoisotopic (exact) mass is 388 g/mol. The van der Waals surface area contributed by atoms with Gasteiger partial charge >= 0.3 is 0 Å². The second-order valence-corrected chi connectivity index (χ2v) is 8.59. The summed E-state index contributed by atoms with van der Waals surface area (Å²) >= 11 is 0. The Bertz CT molecular complexity index is 885. The molecule has 0 radical (unpaired) electrons. The van der Waals surface area contributed by atoms with Gasteiger partial charge in [0.05, 0.1) is 17.4 Å². The Morgan fingerprint density at radius 1 is 1.07 bits per heavy atom. The molecule has 2 aromatic carbocycles. The average Bonchev–Trinajstić information content (AvgIpc) is 2.64. The first kappa shape index (κ1) is 19.4. The molecule has 1 aliphatic rings. The highest BCUT2D eigenvalue weighted by atomic mass is 32.2. The summed E-state index contributed by atoms with van der Waals surface area (Å²) < 4.78 is 27.4. The number of carbonyl (C=O) groups is 1. The van der Waals surface area contributed by atoms with E-state index >= 15 is 0 Å². The lowest BCUT2D eigenvalue weighted by atomic mass is 10.1. The summed E-state index contributed by atoms with van der Waals surface area (Å²) in [5.41, 5.74) is 2.27. The summed E-state index contributed by atoms with van der Waals surface area (Å²) in [6.07, 6.45) is 1.19. The van der Waals surface area contributed by atoms with Gasteiger partial charge in [-0.1, -0.05) is 29.8 Å². The van der Waals surface area contributed by atoms with Crippen LogP contribution in [0.4, 0.5) is 5.69 Å². The smallest absolute Gasteiger partial charge is 0.261 e. The molecule has 2 aromatic rings. The number of nitrogens with zero attached hydrogens (tertiary/aromatic N) is 1. The lowest BCUT2D eigenvalue weighted by Gasteiger charge is -2.29. The van der Waals surface area contributed by atoms with Crippen LogP contribution in [0.15, 0.2) is 53.4 Å². The number of sulfonamides is 1. The van der Waals surface area contributed by atoms with E-state index in [1.54, 1.807) is 53.4 Å². The molecule has 0 bridgehead atoms. The number of rotatable bonds is 5. The highest BCUT2D eigenvalue weighted by Gasteiger charge is 2.21. The zero-order valence-corrected chi connectivity index (χ0v) is 16.1. The fourth-order valence-corrected chi connectivity index (χ4v) is 4.08. The van der Waals surface area contributed by atoms with E-state index < -0.39 is 10.0 Å². The maximum atomic E-state index is 12.4. The quantitative estimate of drug-likeness (QED) is 0.823. The molecule has 1 saturated heterocycles. The number of aryl methyl sites for hydroxylation is 1. The molecule has 2 N–H and O–H groups in total. The van der Waals surface area contributed by atoms with E-state index in [0.29, 0.717) is 31.6 Å². The number of aliphatic hydroxyl groups excluding tert-OH is 1. The minimum absolute atomic E-state index is 0.0230. The number of amides is 1. The molecule has 144 valence electrons. The Morgan fingerprint density at radius 3 is 2.26 bits per heavy atom. The van der Waals surface area contributed by atoms with Gasteiger partial charge in [0.15, 0.2) is 0 Å². The number of anilines is 1. The normalized spacial score (nSPS) is 15.6. The van der Waals surface area contributed by atoms with Crippen LogP contribution in [0.25, 0.3) is 0 Å². The molecule has 0 atom stereocenters.